The minimum absolute atomic E-state index is 0.0527. The van der Waals surface area contributed by atoms with Crippen LogP contribution in [-0.2, 0) is 43.9 Å². The van der Waals surface area contributed by atoms with Crippen LogP contribution in [0.15, 0.2) is 91.0 Å². The summed E-state index contributed by atoms with van der Waals surface area (Å²) in [5.74, 6) is -0.749. The summed E-state index contributed by atoms with van der Waals surface area (Å²) in [6.45, 7) is 0.722. The monoisotopic (exact) mass is 551 g/mol. The first-order valence-corrected chi connectivity index (χ1v) is 14.8. The van der Waals surface area contributed by atoms with Crippen molar-refractivity contribution < 1.29 is 22.7 Å². The van der Waals surface area contributed by atoms with Crippen LogP contribution in [-0.4, -0.2) is 68.5 Å². The molecule has 0 aliphatic carbocycles. The van der Waals surface area contributed by atoms with E-state index < -0.39 is 22.0 Å². The number of methoxy groups -OCH3 is 1. The Bertz CT molecular complexity index is 1270. The van der Waals surface area contributed by atoms with Crippen molar-refractivity contribution in [2.24, 2.45) is 0 Å². The highest BCUT2D eigenvalue weighted by Crippen LogP contribution is 2.17. The van der Waals surface area contributed by atoms with E-state index in [0.29, 0.717) is 19.6 Å². The molecule has 0 fully saturated rings. The van der Waals surface area contributed by atoms with Crippen LogP contribution in [0.4, 0.5) is 0 Å². The van der Waals surface area contributed by atoms with E-state index in [2.05, 4.69) is 5.32 Å². The van der Waals surface area contributed by atoms with Crippen molar-refractivity contribution in [2.75, 3.05) is 33.1 Å². The van der Waals surface area contributed by atoms with Crippen molar-refractivity contribution in [3.05, 3.63) is 108 Å². The average Bonchev–Trinajstić information content (AvgIpc) is 2.93. The number of rotatable bonds is 15. The first-order chi connectivity index (χ1) is 18.8. The molecule has 0 aromatic heterocycles. The van der Waals surface area contributed by atoms with Gasteiger partial charge in [-0.1, -0.05) is 91.0 Å². The van der Waals surface area contributed by atoms with Crippen LogP contribution in [0.25, 0.3) is 0 Å². The van der Waals surface area contributed by atoms with Crippen molar-refractivity contribution in [2.45, 2.75) is 32.0 Å². The number of nitrogens with one attached hydrogen (secondary N) is 1. The van der Waals surface area contributed by atoms with Gasteiger partial charge in [-0.2, -0.15) is 4.31 Å². The Morgan fingerprint density at radius 2 is 1.33 bits per heavy atom. The number of nitrogens with zero attached hydrogens (tertiary/aromatic N) is 2. The van der Waals surface area contributed by atoms with Crippen LogP contribution in [0.1, 0.15) is 23.1 Å². The van der Waals surface area contributed by atoms with E-state index in [1.54, 1.807) is 7.11 Å². The Morgan fingerprint density at radius 1 is 0.821 bits per heavy atom. The van der Waals surface area contributed by atoms with Gasteiger partial charge in [0, 0.05) is 39.8 Å². The molecule has 1 N–H and O–H groups in total. The Hall–Kier alpha value is -3.53. The average molecular weight is 552 g/mol. The number of amides is 2. The predicted octanol–water partition coefficient (Wildman–Crippen LogP) is 3.24. The molecule has 0 aliphatic heterocycles. The molecular formula is C30H37N3O5S. The normalized spacial score (nSPS) is 12.2. The first kappa shape index (κ1) is 30.0. The molecule has 39 heavy (non-hydrogen) atoms. The summed E-state index contributed by atoms with van der Waals surface area (Å²) in [6.07, 6.45) is 2.01. The molecule has 1 atom stereocenters. The molecule has 0 radical (unpaired) electrons. The lowest BCUT2D eigenvalue weighted by molar-refractivity contribution is -0.141. The van der Waals surface area contributed by atoms with Gasteiger partial charge in [-0.15, -0.1) is 0 Å². The lowest BCUT2D eigenvalue weighted by atomic mass is 10.0. The predicted molar refractivity (Wildman–Crippen MR) is 152 cm³/mol. The maximum absolute atomic E-state index is 13.9. The summed E-state index contributed by atoms with van der Waals surface area (Å²) < 4.78 is 31.7. The van der Waals surface area contributed by atoms with Gasteiger partial charge >= 0.3 is 0 Å². The zero-order chi connectivity index (χ0) is 28.1. The van der Waals surface area contributed by atoms with Gasteiger partial charge in [0.1, 0.15) is 6.04 Å². The maximum Gasteiger partial charge on any atom is 0.243 e. The minimum atomic E-state index is -3.72. The molecule has 8 nitrogen and oxygen atoms in total. The van der Waals surface area contributed by atoms with Crippen LogP contribution in [0.3, 0.4) is 0 Å². The number of hydrogen-bond acceptors (Lipinski definition) is 5. The lowest BCUT2D eigenvalue weighted by Crippen LogP contribution is -2.53. The Kier molecular flexibility index (Phi) is 11.7. The quantitative estimate of drug-likeness (QED) is 0.293. The van der Waals surface area contributed by atoms with Gasteiger partial charge < -0.3 is 15.0 Å². The topological polar surface area (TPSA) is 96.0 Å². The second-order valence-corrected chi connectivity index (χ2v) is 11.3. The van der Waals surface area contributed by atoms with Crippen LogP contribution in [0, 0.1) is 0 Å². The van der Waals surface area contributed by atoms with Gasteiger partial charge in [-0.3, -0.25) is 9.59 Å². The standard InChI is InChI=1S/C30H37N3O5S/c1-38-20-12-19-31-30(35)28(21-25-13-6-3-7-14-25)33(23-27-17-10-5-11-18-27)29(34)24-32(39(2,36)37)22-26-15-8-4-9-16-26/h3-11,13-18,28H,12,19-24H2,1-2H3,(H,31,35)/t28-/m0/s1. The summed E-state index contributed by atoms with van der Waals surface area (Å²) in [5.41, 5.74) is 2.50. The van der Waals surface area contributed by atoms with Gasteiger partial charge in [-0.05, 0) is 23.1 Å². The van der Waals surface area contributed by atoms with Gasteiger partial charge in [-0.25, -0.2) is 8.42 Å². The van der Waals surface area contributed by atoms with E-state index in [4.69, 9.17) is 4.74 Å². The fraction of sp³-hybridized carbons (Fsp3) is 0.333. The fourth-order valence-electron chi connectivity index (χ4n) is 4.20. The number of carbonyl (C=O) groups excluding carboxylic acids is 2. The van der Waals surface area contributed by atoms with Gasteiger partial charge in [0.15, 0.2) is 0 Å². The van der Waals surface area contributed by atoms with Crippen LogP contribution in [0.2, 0.25) is 0 Å². The molecule has 0 aliphatic rings. The highest BCUT2D eigenvalue weighted by Gasteiger charge is 2.32. The molecular weight excluding hydrogens is 514 g/mol. The lowest BCUT2D eigenvalue weighted by Gasteiger charge is -2.33. The Labute approximate surface area is 231 Å². The van der Waals surface area contributed by atoms with Gasteiger partial charge in [0.25, 0.3) is 0 Å². The summed E-state index contributed by atoms with van der Waals surface area (Å²) in [7, 11) is -2.12. The number of ether oxygens (including phenoxy) is 1. The zero-order valence-electron chi connectivity index (χ0n) is 22.5. The molecule has 0 saturated carbocycles. The summed E-state index contributed by atoms with van der Waals surface area (Å²) in [6, 6.07) is 27.1. The highest BCUT2D eigenvalue weighted by molar-refractivity contribution is 7.88. The van der Waals surface area contributed by atoms with E-state index in [1.807, 2.05) is 91.0 Å². The van der Waals surface area contributed by atoms with E-state index in [9.17, 15) is 18.0 Å². The molecule has 0 heterocycles. The van der Waals surface area contributed by atoms with E-state index in [0.717, 1.165) is 27.3 Å². The second-order valence-electron chi connectivity index (χ2n) is 9.37. The highest BCUT2D eigenvalue weighted by atomic mass is 32.2. The maximum atomic E-state index is 13.9. The molecule has 0 unspecified atom stereocenters. The third kappa shape index (κ3) is 9.94. The second kappa shape index (κ2) is 15.2. The van der Waals surface area contributed by atoms with Crippen molar-refractivity contribution >= 4 is 21.8 Å². The van der Waals surface area contributed by atoms with Crippen LogP contribution >= 0.6 is 0 Å². The minimum Gasteiger partial charge on any atom is -0.385 e. The Balaban J connectivity index is 1.93. The molecule has 208 valence electrons. The van der Waals surface area contributed by atoms with Crippen molar-refractivity contribution in [3.63, 3.8) is 0 Å². The summed E-state index contributed by atoms with van der Waals surface area (Å²) >= 11 is 0. The molecule has 3 aromatic rings. The van der Waals surface area contributed by atoms with Crippen LogP contribution < -0.4 is 5.32 Å². The van der Waals surface area contributed by atoms with Crippen molar-refractivity contribution in [1.29, 1.82) is 0 Å². The Morgan fingerprint density at radius 3 is 1.85 bits per heavy atom. The molecule has 0 bridgehead atoms. The van der Waals surface area contributed by atoms with E-state index in [1.165, 1.54) is 4.90 Å². The van der Waals surface area contributed by atoms with Crippen LogP contribution in [0.5, 0.6) is 0 Å². The van der Waals surface area contributed by atoms with Gasteiger partial charge in [0.05, 0.1) is 12.8 Å². The third-order valence-electron chi connectivity index (χ3n) is 6.27. The number of sulfonamides is 1. The van der Waals surface area contributed by atoms with E-state index in [-0.39, 0.29) is 32.0 Å². The van der Waals surface area contributed by atoms with Crippen molar-refractivity contribution in [1.82, 2.24) is 14.5 Å². The van der Waals surface area contributed by atoms with Crippen molar-refractivity contribution in [3.8, 4) is 0 Å². The molecule has 0 spiro atoms. The van der Waals surface area contributed by atoms with Gasteiger partial charge in [0.2, 0.25) is 21.8 Å². The summed E-state index contributed by atoms with van der Waals surface area (Å²) in [4.78, 5) is 29.0. The molecule has 2 amide bonds. The first-order valence-electron chi connectivity index (χ1n) is 12.9. The molecule has 9 heteroatoms. The summed E-state index contributed by atoms with van der Waals surface area (Å²) in [5, 5.41) is 2.94. The third-order valence-corrected chi connectivity index (χ3v) is 7.47. The number of hydrogen-bond donors (Lipinski definition) is 1. The molecule has 3 aromatic carbocycles. The van der Waals surface area contributed by atoms with E-state index >= 15 is 0 Å². The molecule has 3 rings (SSSR count). The largest absolute Gasteiger partial charge is 0.385 e. The fourth-order valence-corrected chi connectivity index (χ4v) is 4.93. The smallest absolute Gasteiger partial charge is 0.243 e. The number of benzene rings is 3. The SMILES string of the molecule is COCCCNC(=O)[C@H](Cc1ccccc1)N(Cc1ccccc1)C(=O)CN(Cc1ccccc1)S(C)(=O)=O. The molecule has 0 saturated heterocycles. The number of carbonyl (C=O) groups is 2. The zero-order valence-corrected chi connectivity index (χ0v) is 23.3.